The Kier molecular flexibility index (Phi) is 7.90. The van der Waals surface area contributed by atoms with Crippen LogP contribution in [-0.4, -0.2) is 41.7 Å². The Morgan fingerprint density at radius 1 is 1.32 bits per heavy atom. The summed E-state index contributed by atoms with van der Waals surface area (Å²) < 4.78 is 0. The second-order valence-electron chi connectivity index (χ2n) is 5.64. The van der Waals surface area contributed by atoms with Crippen molar-refractivity contribution in [3.05, 3.63) is 0 Å². The maximum Gasteiger partial charge on any atom is 0.326 e. The molecule has 0 aromatic heterocycles. The summed E-state index contributed by atoms with van der Waals surface area (Å²) in [6.45, 7) is 8.85. The quantitative estimate of drug-likeness (QED) is 0.640. The van der Waals surface area contributed by atoms with Gasteiger partial charge in [0.25, 0.3) is 0 Å². The lowest BCUT2D eigenvalue weighted by Crippen LogP contribution is -2.48. The number of rotatable bonds is 8. The first-order valence-electron chi connectivity index (χ1n) is 6.46. The minimum Gasteiger partial charge on any atom is -0.480 e. The van der Waals surface area contributed by atoms with Crippen molar-refractivity contribution < 1.29 is 14.7 Å². The molecule has 0 bridgehead atoms. The van der Waals surface area contributed by atoms with Gasteiger partial charge in [0.1, 0.15) is 6.04 Å². The van der Waals surface area contributed by atoms with Crippen molar-refractivity contribution in [3.8, 4) is 0 Å². The van der Waals surface area contributed by atoms with Crippen LogP contribution in [-0.2, 0) is 4.79 Å². The Morgan fingerprint density at radius 3 is 2.32 bits per heavy atom. The number of carboxylic acid groups (broad SMARTS) is 1. The van der Waals surface area contributed by atoms with E-state index in [2.05, 4.69) is 38.3 Å². The normalized spacial score (nSPS) is 13.2. The van der Waals surface area contributed by atoms with Crippen LogP contribution in [0.1, 0.15) is 34.1 Å². The SMILES string of the molecule is CSCC[C@H](NC(=O)NCC(C)(C)C(C)C)C(=O)O. The fraction of sp³-hybridized carbons (Fsp3) is 0.846. The number of carbonyl (C=O) groups is 2. The number of hydrogen-bond donors (Lipinski definition) is 3. The molecule has 0 saturated carbocycles. The summed E-state index contributed by atoms with van der Waals surface area (Å²) >= 11 is 1.56. The molecule has 0 heterocycles. The molecule has 19 heavy (non-hydrogen) atoms. The highest BCUT2D eigenvalue weighted by Crippen LogP contribution is 2.24. The lowest BCUT2D eigenvalue weighted by atomic mass is 9.81. The van der Waals surface area contributed by atoms with Gasteiger partial charge in [-0.3, -0.25) is 0 Å². The first-order valence-corrected chi connectivity index (χ1v) is 7.86. The van der Waals surface area contributed by atoms with E-state index in [0.29, 0.717) is 24.6 Å². The van der Waals surface area contributed by atoms with Gasteiger partial charge in [0.15, 0.2) is 0 Å². The van der Waals surface area contributed by atoms with Gasteiger partial charge in [-0.15, -0.1) is 0 Å². The second kappa shape index (κ2) is 8.30. The lowest BCUT2D eigenvalue weighted by Gasteiger charge is -2.29. The van der Waals surface area contributed by atoms with E-state index in [1.54, 1.807) is 11.8 Å². The van der Waals surface area contributed by atoms with Crippen LogP contribution in [0.15, 0.2) is 0 Å². The third-order valence-electron chi connectivity index (χ3n) is 3.48. The highest BCUT2D eigenvalue weighted by molar-refractivity contribution is 7.98. The summed E-state index contributed by atoms with van der Waals surface area (Å²) in [4.78, 5) is 22.7. The van der Waals surface area contributed by atoms with Crippen LogP contribution in [0.3, 0.4) is 0 Å². The van der Waals surface area contributed by atoms with Crippen molar-refractivity contribution in [1.29, 1.82) is 0 Å². The topological polar surface area (TPSA) is 78.4 Å². The minimum absolute atomic E-state index is 0.0185. The van der Waals surface area contributed by atoms with Crippen LogP contribution in [0.25, 0.3) is 0 Å². The first-order chi connectivity index (χ1) is 8.70. The van der Waals surface area contributed by atoms with Crippen LogP contribution in [0, 0.1) is 11.3 Å². The third-order valence-corrected chi connectivity index (χ3v) is 4.13. The van der Waals surface area contributed by atoms with E-state index in [1.807, 2.05) is 6.26 Å². The molecule has 6 heteroatoms. The first kappa shape index (κ1) is 18.1. The molecule has 2 amide bonds. The summed E-state index contributed by atoms with van der Waals surface area (Å²) in [6, 6.07) is -1.24. The molecule has 0 fully saturated rings. The molecule has 0 rings (SSSR count). The van der Waals surface area contributed by atoms with Crippen molar-refractivity contribution >= 4 is 23.8 Å². The molecule has 1 atom stereocenters. The zero-order valence-corrected chi connectivity index (χ0v) is 13.3. The van der Waals surface area contributed by atoms with E-state index in [0.717, 1.165) is 0 Å². The largest absolute Gasteiger partial charge is 0.480 e. The Bertz CT molecular complexity index is 306. The minimum atomic E-state index is -0.993. The number of carbonyl (C=O) groups excluding carboxylic acids is 1. The van der Waals surface area contributed by atoms with Crippen molar-refractivity contribution in [2.24, 2.45) is 11.3 Å². The van der Waals surface area contributed by atoms with Crippen LogP contribution >= 0.6 is 11.8 Å². The molecule has 5 nitrogen and oxygen atoms in total. The predicted octanol–water partition coefficient (Wildman–Crippen LogP) is 2.17. The zero-order chi connectivity index (χ0) is 15.1. The third kappa shape index (κ3) is 7.30. The molecular formula is C13H26N2O3S. The maximum atomic E-state index is 11.7. The number of aliphatic carboxylic acids is 1. The van der Waals surface area contributed by atoms with Crippen LogP contribution in [0.4, 0.5) is 4.79 Å². The molecule has 0 aliphatic carbocycles. The number of nitrogens with one attached hydrogen (secondary N) is 2. The molecule has 112 valence electrons. The molecular weight excluding hydrogens is 264 g/mol. The number of hydrogen-bond acceptors (Lipinski definition) is 3. The molecule has 0 saturated heterocycles. The Morgan fingerprint density at radius 2 is 1.89 bits per heavy atom. The fourth-order valence-corrected chi connectivity index (χ4v) is 1.69. The Balaban J connectivity index is 4.24. The van der Waals surface area contributed by atoms with Gasteiger partial charge in [-0.05, 0) is 29.8 Å². The van der Waals surface area contributed by atoms with Crippen molar-refractivity contribution in [2.75, 3.05) is 18.6 Å². The smallest absolute Gasteiger partial charge is 0.326 e. The van der Waals surface area contributed by atoms with Gasteiger partial charge < -0.3 is 15.7 Å². The van der Waals surface area contributed by atoms with Gasteiger partial charge in [-0.25, -0.2) is 9.59 Å². The van der Waals surface area contributed by atoms with E-state index in [-0.39, 0.29) is 5.41 Å². The van der Waals surface area contributed by atoms with E-state index in [1.165, 1.54) is 0 Å². The second-order valence-corrected chi connectivity index (χ2v) is 6.63. The number of thioether (sulfide) groups is 1. The van der Waals surface area contributed by atoms with Gasteiger partial charge in [-0.1, -0.05) is 27.7 Å². The highest BCUT2D eigenvalue weighted by Gasteiger charge is 2.24. The Labute approximate surface area is 119 Å². The maximum absolute atomic E-state index is 11.7. The van der Waals surface area contributed by atoms with E-state index in [4.69, 9.17) is 5.11 Å². The molecule has 0 aromatic rings. The van der Waals surface area contributed by atoms with Gasteiger partial charge in [0.05, 0.1) is 0 Å². The zero-order valence-electron chi connectivity index (χ0n) is 12.4. The van der Waals surface area contributed by atoms with Gasteiger partial charge in [-0.2, -0.15) is 11.8 Å². The summed E-state index contributed by atoms with van der Waals surface area (Å²) in [7, 11) is 0. The molecule has 0 spiro atoms. The number of urea groups is 1. The van der Waals surface area contributed by atoms with E-state index < -0.39 is 18.0 Å². The highest BCUT2D eigenvalue weighted by atomic mass is 32.2. The van der Waals surface area contributed by atoms with Crippen LogP contribution in [0.5, 0.6) is 0 Å². The van der Waals surface area contributed by atoms with Gasteiger partial charge >= 0.3 is 12.0 Å². The predicted molar refractivity (Wildman–Crippen MR) is 79.6 cm³/mol. The Hall–Kier alpha value is -0.910. The number of amides is 2. The molecule has 3 N–H and O–H groups in total. The van der Waals surface area contributed by atoms with Crippen molar-refractivity contribution in [1.82, 2.24) is 10.6 Å². The molecule has 0 unspecified atom stereocenters. The van der Waals surface area contributed by atoms with Crippen LogP contribution in [0.2, 0.25) is 0 Å². The van der Waals surface area contributed by atoms with E-state index >= 15 is 0 Å². The molecule has 0 aromatic carbocycles. The lowest BCUT2D eigenvalue weighted by molar-refractivity contribution is -0.139. The average Bonchev–Trinajstić information content (AvgIpc) is 2.31. The molecule has 0 aliphatic heterocycles. The molecule has 0 radical (unpaired) electrons. The average molecular weight is 290 g/mol. The van der Waals surface area contributed by atoms with Crippen molar-refractivity contribution in [2.45, 2.75) is 40.2 Å². The summed E-state index contributed by atoms with van der Waals surface area (Å²) in [5.41, 5.74) is -0.0185. The molecule has 0 aliphatic rings. The summed E-state index contributed by atoms with van der Waals surface area (Å²) in [5, 5.41) is 14.3. The standard InChI is InChI=1S/C13H26N2O3S/c1-9(2)13(3,4)8-14-12(18)15-10(11(16)17)6-7-19-5/h9-10H,6-8H2,1-5H3,(H,16,17)(H2,14,15,18)/t10-/m0/s1. The summed E-state index contributed by atoms with van der Waals surface area (Å²) in [6.07, 6.45) is 2.33. The fourth-order valence-electron chi connectivity index (χ4n) is 1.21. The van der Waals surface area contributed by atoms with Crippen LogP contribution < -0.4 is 10.6 Å². The number of carboxylic acids is 1. The van der Waals surface area contributed by atoms with Gasteiger partial charge in [0.2, 0.25) is 0 Å². The summed E-state index contributed by atoms with van der Waals surface area (Å²) in [5.74, 6) is 0.140. The van der Waals surface area contributed by atoms with Crippen molar-refractivity contribution in [3.63, 3.8) is 0 Å². The van der Waals surface area contributed by atoms with E-state index in [9.17, 15) is 9.59 Å². The monoisotopic (exact) mass is 290 g/mol. The van der Waals surface area contributed by atoms with Gasteiger partial charge in [0, 0.05) is 6.54 Å².